The van der Waals surface area contributed by atoms with Gasteiger partial charge in [-0.2, -0.15) is 0 Å². The van der Waals surface area contributed by atoms with Crippen LogP contribution in [-0.2, 0) is 0 Å². The van der Waals surface area contributed by atoms with Crippen molar-refractivity contribution in [2.24, 2.45) is 0 Å². The summed E-state index contributed by atoms with van der Waals surface area (Å²) in [6.07, 6.45) is -1.49. The Bertz CT molecular complexity index is 329. The van der Waals surface area contributed by atoms with E-state index in [1.165, 1.54) is 4.90 Å². The third-order valence-corrected chi connectivity index (χ3v) is 2.30. The Labute approximate surface area is 89.9 Å². The Hall–Kier alpha value is -1.26. The molecule has 0 spiro atoms. The van der Waals surface area contributed by atoms with Crippen LogP contribution >= 0.6 is 0 Å². The SMILES string of the molecule is Cc1cc(N)ccc1N(C(C)O)C(C)O. The number of nitrogen functional groups attached to an aromatic ring is 1. The number of hydrogen-bond donors (Lipinski definition) is 3. The summed E-state index contributed by atoms with van der Waals surface area (Å²) in [4.78, 5) is 1.52. The molecule has 0 fully saturated rings. The summed E-state index contributed by atoms with van der Waals surface area (Å²) in [5.74, 6) is 0. The van der Waals surface area contributed by atoms with Crippen LogP contribution in [0.2, 0.25) is 0 Å². The lowest BCUT2D eigenvalue weighted by atomic mass is 10.1. The smallest absolute Gasteiger partial charge is 0.126 e. The summed E-state index contributed by atoms with van der Waals surface area (Å²) in [5, 5.41) is 19.1. The molecule has 1 aromatic rings. The van der Waals surface area contributed by atoms with Crippen molar-refractivity contribution in [3.8, 4) is 0 Å². The molecule has 4 nitrogen and oxygen atoms in total. The van der Waals surface area contributed by atoms with Crippen LogP contribution in [0.4, 0.5) is 11.4 Å². The average Bonchev–Trinajstić information content (AvgIpc) is 2.08. The van der Waals surface area contributed by atoms with Gasteiger partial charge in [-0.05, 0) is 44.5 Å². The van der Waals surface area contributed by atoms with Gasteiger partial charge < -0.3 is 20.8 Å². The van der Waals surface area contributed by atoms with Crippen molar-refractivity contribution in [2.45, 2.75) is 33.2 Å². The zero-order valence-corrected chi connectivity index (χ0v) is 9.31. The molecule has 2 atom stereocenters. The number of aliphatic hydroxyl groups excluding tert-OH is 2. The van der Waals surface area contributed by atoms with E-state index in [0.29, 0.717) is 5.69 Å². The molecule has 0 aromatic heterocycles. The second kappa shape index (κ2) is 4.51. The van der Waals surface area contributed by atoms with Crippen molar-refractivity contribution in [3.63, 3.8) is 0 Å². The first kappa shape index (κ1) is 11.8. The van der Waals surface area contributed by atoms with Gasteiger partial charge in [-0.15, -0.1) is 0 Å². The van der Waals surface area contributed by atoms with Gasteiger partial charge in [-0.3, -0.25) is 0 Å². The second-order valence-corrected chi connectivity index (χ2v) is 3.72. The van der Waals surface area contributed by atoms with Crippen LogP contribution < -0.4 is 10.6 Å². The predicted molar refractivity (Wildman–Crippen MR) is 61.4 cm³/mol. The highest BCUT2D eigenvalue weighted by molar-refractivity contribution is 5.59. The van der Waals surface area contributed by atoms with E-state index in [2.05, 4.69) is 0 Å². The monoisotopic (exact) mass is 210 g/mol. The van der Waals surface area contributed by atoms with E-state index in [9.17, 15) is 10.2 Å². The third-order valence-electron chi connectivity index (χ3n) is 2.30. The van der Waals surface area contributed by atoms with Gasteiger partial charge in [0.2, 0.25) is 0 Å². The molecule has 0 saturated heterocycles. The van der Waals surface area contributed by atoms with Crippen molar-refractivity contribution in [1.82, 2.24) is 0 Å². The minimum atomic E-state index is -0.743. The van der Waals surface area contributed by atoms with Gasteiger partial charge in [0.15, 0.2) is 0 Å². The number of aliphatic hydroxyl groups is 2. The molecule has 84 valence electrons. The van der Waals surface area contributed by atoms with E-state index in [1.807, 2.05) is 13.0 Å². The van der Waals surface area contributed by atoms with Crippen LogP contribution in [0.3, 0.4) is 0 Å². The summed E-state index contributed by atoms with van der Waals surface area (Å²) in [6, 6.07) is 5.36. The number of benzene rings is 1. The fourth-order valence-corrected chi connectivity index (χ4v) is 1.68. The molecule has 0 amide bonds. The molecule has 0 heterocycles. The van der Waals surface area contributed by atoms with E-state index in [0.717, 1.165) is 11.3 Å². The molecule has 4 heteroatoms. The van der Waals surface area contributed by atoms with E-state index < -0.39 is 12.5 Å². The van der Waals surface area contributed by atoms with Crippen LogP contribution in [0.25, 0.3) is 0 Å². The zero-order valence-electron chi connectivity index (χ0n) is 9.31. The van der Waals surface area contributed by atoms with Crippen LogP contribution in [-0.4, -0.2) is 22.7 Å². The van der Waals surface area contributed by atoms with Gasteiger partial charge in [0.25, 0.3) is 0 Å². The molecular formula is C11H18N2O2. The van der Waals surface area contributed by atoms with Gasteiger partial charge in [0.1, 0.15) is 12.5 Å². The quantitative estimate of drug-likeness (QED) is 0.515. The molecule has 1 rings (SSSR count). The largest absolute Gasteiger partial charge is 0.399 e. The molecule has 0 radical (unpaired) electrons. The van der Waals surface area contributed by atoms with Crippen molar-refractivity contribution >= 4 is 11.4 Å². The standard InChI is InChI=1S/C11H18N2O2/c1-7-6-10(12)4-5-11(7)13(8(2)14)9(3)15/h4-6,8-9,14-15H,12H2,1-3H3. The molecule has 1 aromatic carbocycles. The first-order valence-corrected chi connectivity index (χ1v) is 4.94. The van der Waals surface area contributed by atoms with Crippen molar-refractivity contribution in [3.05, 3.63) is 23.8 Å². The zero-order chi connectivity index (χ0) is 11.6. The van der Waals surface area contributed by atoms with Crippen LogP contribution in [0.15, 0.2) is 18.2 Å². The molecule has 0 aliphatic heterocycles. The van der Waals surface area contributed by atoms with E-state index in [4.69, 9.17) is 5.73 Å². The maximum absolute atomic E-state index is 9.56. The van der Waals surface area contributed by atoms with Gasteiger partial charge in [-0.1, -0.05) is 0 Å². The summed E-state index contributed by atoms with van der Waals surface area (Å²) < 4.78 is 0. The van der Waals surface area contributed by atoms with Crippen molar-refractivity contribution in [1.29, 1.82) is 0 Å². The molecule has 0 aliphatic rings. The Kier molecular flexibility index (Phi) is 3.55. The highest BCUT2D eigenvalue weighted by Crippen LogP contribution is 2.24. The van der Waals surface area contributed by atoms with Gasteiger partial charge in [-0.25, -0.2) is 0 Å². The summed E-state index contributed by atoms with van der Waals surface area (Å²) >= 11 is 0. The van der Waals surface area contributed by atoms with Gasteiger partial charge in [0.05, 0.1) is 0 Å². The minimum absolute atomic E-state index is 0.674. The summed E-state index contributed by atoms with van der Waals surface area (Å²) in [6.45, 7) is 5.12. The maximum Gasteiger partial charge on any atom is 0.126 e. The highest BCUT2D eigenvalue weighted by Gasteiger charge is 2.18. The Morgan fingerprint density at radius 3 is 2.13 bits per heavy atom. The summed E-state index contributed by atoms with van der Waals surface area (Å²) in [5.41, 5.74) is 8.02. The fourth-order valence-electron chi connectivity index (χ4n) is 1.68. The summed E-state index contributed by atoms with van der Waals surface area (Å²) in [7, 11) is 0. The number of hydrogen-bond acceptors (Lipinski definition) is 4. The topological polar surface area (TPSA) is 69.7 Å². The maximum atomic E-state index is 9.56. The third kappa shape index (κ3) is 2.61. The number of rotatable bonds is 3. The van der Waals surface area contributed by atoms with Crippen LogP contribution in [0.5, 0.6) is 0 Å². The fraction of sp³-hybridized carbons (Fsp3) is 0.455. The molecule has 0 aliphatic carbocycles. The number of nitrogens with two attached hydrogens (primary N) is 1. The Morgan fingerprint density at radius 2 is 1.73 bits per heavy atom. The first-order valence-electron chi connectivity index (χ1n) is 4.94. The second-order valence-electron chi connectivity index (χ2n) is 3.72. The molecule has 0 bridgehead atoms. The Balaban J connectivity index is 3.12. The molecule has 4 N–H and O–H groups in total. The number of anilines is 2. The predicted octanol–water partition coefficient (Wildman–Crippen LogP) is 1.06. The van der Waals surface area contributed by atoms with E-state index in [1.54, 1.807) is 26.0 Å². The first-order chi connectivity index (χ1) is 6.93. The van der Waals surface area contributed by atoms with Gasteiger partial charge >= 0.3 is 0 Å². The molecular weight excluding hydrogens is 192 g/mol. The van der Waals surface area contributed by atoms with E-state index >= 15 is 0 Å². The lowest BCUT2D eigenvalue weighted by Crippen LogP contribution is -2.40. The normalized spacial score (nSPS) is 14.7. The van der Waals surface area contributed by atoms with Crippen LogP contribution in [0, 0.1) is 6.92 Å². The Morgan fingerprint density at radius 1 is 1.20 bits per heavy atom. The van der Waals surface area contributed by atoms with Gasteiger partial charge in [0, 0.05) is 11.4 Å². The van der Waals surface area contributed by atoms with E-state index in [-0.39, 0.29) is 0 Å². The number of nitrogens with zero attached hydrogens (tertiary/aromatic N) is 1. The highest BCUT2D eigenvalue weighted by atomic mass is 16.3. The lowest BCUT2D eigenvalue weighted by Gasteiger charge is -2.31. The molecule has 2 unspecified atom stereocenters. The number of aryl methyl sites for hydroxylation is 1. The van der Waals surface area contributed by atoms with Crippen molar-refractivity contribution in [2.75, 3.05) is 10.6 Å². The average molecular weight is 210 g/mol. The minimum Gasteiger partial charge on any atom is -0.399 e. The van der Waals surface area contributed by atoms with Crippen molar-refractivity contribution < 1.29 is 10.2 Å². The molecule has 0 saturated carbocycles. The lowest BCUT2D eigenvalue weighted by molar-refractivity contribution is 0.105. The van der Waals surface area contributed by atoms with Crippen LogP contribution in [0.1, 0.15) is 19.4 Å². The molecule has 15 heavy (non-hydrogen) atoms.